The summed E-state index contributed by atoms with van der Waals surface area (Å²) in [5.41, 5.74) is 1.06. The minimum atomic E-state index is -1.24. The molecule has 0 saturated heterocycles. The lowest BCUT2D eigenvalue weighted by molar-refractivity contribution is 0.461. The van der Waals surface area contributed by atoms with Crippen molar-refractivity contribution in [1.82, 2.24) is 9.97 Å². The van der Waals surface area contributed by atoms with Gasteiger partial charge in [-0.1, -0.05) is 24.3 Å². The monoisotopic (exact) mass is 323 g/mol. The number of nitrogens with zero attached hydrogens (tertiary/aromatic N) is 3. The topological polar surface area (TPSA) is 55.3 Å². The highest BCUT2D eigenvalue weighted by Gasteiger charge is 2.27. The molecule has 1 aromatic carbocycles. The summed E-state index contributed by atoms with van der Waals surface area (Å²) in [6.07, 6.45) is 3.31. The van der Waals surface area contributed by atoms with Crippen LogP contribution in [0.1, 0.15) is 5.56 Å². The van der Waals surface area contributed by atoms with Crippen LogP contribution in [0.3, 0.4) is 0 Å². The molecule has 0 radical (unpaired) electrons. The van der Waals surface area contributed by atoms with E-state index in [4.69, 9.17) is 4.74 Å². The van der Waals surface area contributed by atoms with Gasteiger partial charge >= 0.3 is 0 Å². The summed E-state index contributed by atoms with van der Waals surface area (Å²) in [6, 6.07) is 16.8. The van der Waals surface area contributed by atoms with E-state index in [0.29, 0.717) is 24.0 Å². The molecule has 0 spiro atoms. The molecule has 0 N–H and O–H groups in total. The van der Waals surface area contributed by atoms with Crippen molar-refractivity contribution in [2.24, 2.45) is 0 Å². The summed E-state index contributed by atoms with van der Waals surface area (Å²) in [5.74, 6) is 1.69. The molecule has 114 valence electrons. The van der Waals surface area contributed by atoms with Gasteiger partial charge in [0.15, 0.2) is 11.0 Å². The normalized spacial score (nSPS) is 16.2. The minimum Gasteiger partial charge on any atom is -0.437 e. The molecule has 0 saturated carbocycles. The Morgan fingerprint density at radius 1 is 1.04 bits per heavy atom. The quantitative estimate of drug-likeness (QED) is 0.742. The molecular formula is C17H13N3O2S. The van der Waals surface area contributed by atoms with E-state index < -0.39 is 11.0 Å². The fourth-order valence-electron chi connectivity index (χ4n) is 2.43. The second-order valence-electron chi connectivity index (χ2n) is 5.02. The first-order valence-electron chi connectivity index (χ1n) is 7.13. The maximum Gasteiger partial charge on any atom is 0.221 e. The third-order valence-electron chi connectivity index (χ3n) is 3.50. The predicted molar refractivity (Wildman–Crippen MR) is 87.6 cm³/mol. The van der Waals surface area contributed by atoms with Crippen molar-refractivity contribution in [3.8, 4) is 11.6 Å². The van der Waals surface area contributed by atoms with E-state index in [2.05, 4.69) is 9.97 Å². The third kappa shape index (κ3) is 2.68. The van der Waals surface area contributed by atoms with Crippen LogP contribution in [-0.2, 0) is 17.5 Å². The smallest absolute Gasteiger partial charge is 0.221 e. The van der Waals surface area contributed by atoms with Gasteiger partial charge in [0.05, 0.1) is 17.6 Å². The van der Waals surface area contributed by atoms with Crippen LogP contribution in [0.15, 0.2) is 71.9 Å². The van der Waals surface area contributed by atoms with Gasteiger partial charge in [0, 0.05) is 12.3 Å². The van der Waals surface area contributed by atoms with Crippen molar-refractivity contribution in [2.45, 2.75) is 11.4 Å². The first kappa shape index (κ1) is 13.9. The standard InChI is InChI=1S/C17H13N3O2S/c21-23-15-7-2-1-5-13(15)12-20(23)16-8-3-9-17(19-16)22-14-6-4-10-18-11-14/h1-11H,12H2. The Hall–Kier alpha value is -2.73. The van der Waals surface area contributed by atoms with Gasteiger partial charge < -0.3 is 4.74 Å². The predicted octanol–water partition coefficient (Wildman–Crippen LogP) is 3.31. The summed E-state index contributed by atoms with van der Waals surface area (Å²) in [5, 5.41) is 0. The molecule has 0 aliphatic carbocycles. The van der Waals surface area contributed by atoms with Crippen LogP contribution < -0.4 is 9.04 Å². The van der Waals surface area contributed by atoms with E-state index >= 15 is 0 Å². The van der Waals surface area contributed by atoms with Gasteiger partial charge in [0.25, 0.3) is 0 Å². The summed E-state index contributed by atoms with van der Waals surface area (Å²) in [4.78, 5) is 9.32. The first-order valence-corrected chi connectivity index (χ1v) is 8.24. The van der Waals surface area contributed by atoms with Crippen molar-refractivity contribution in [1.29, 1.82) is 0 Å². The molecule has 1 aliphatic rings. The lowest BCUT2D eigenvalue weighted by Crippen LogP contribution is -2.19. The van der Waals surface area contributed by atoms with Crippen LogP contribution in [0.2, 0.25) is 0 Å². The van der Waals surface area contributed by atoms with Gasteiger partial charge in [-0.15, -0.1) is 0 Å². The number of hydrogen-bond donors (Lipinski definition) is 0. The molecule has 3 heterocycles. The Bertz CT molecular complexity index is 870. The SMILES string of the molecule is O=S1c2ccccc2CN1c1cccc(Oc2cccnc2)n1. The average molecular weight is 323 g/mol. The molecule has 3 aromatic rings. The van der Waals surface area contributed by atoms with Crippen LogP contribution in [0, 0.1) is 0 Å². The van der Waals surface area contributed by atoms with Gasteiger partial charge in [-0.3, -0.25) is 9.29 Å². The lowest BCUT2D eigenvalue weighted by Gasteiger charge is -2.15. The van der Waals surface area contributed by atoms with Crippen LogP contribution in [0.25, 0.3) is 0 Å². The summed E-state index contributed by atoms with van der Waals surface area (Å²) >= 11 is 0. The Labute approximate surface area is 136 Å². The maximum absolute atomic E-state index is 12.6. The number of pyridine rings is 2. The maximum atomic E-state index is 12.6. The van der Waals surface area contributed by atoms with Crippen molar-refractivity contribution in [3.05, 3.63) is 72.6 Å². The van der Waals surface area contributed by atoms with Gasteiger partial charge in [-0.05, 0) is 29.8 Å². The molecule has 6 heteroatoms. The van der Waals surface area contributed by atoms with E-state index in [1.165, 1.54) is 0 Å². The zero-order valence-corrected chi connectivity index (χ0v) is 12.9. The average Bonchev–Trinajstić information content (AvgIpc) is 2.93. The van der Waals surface area contributed by atoms with Gasteiger partial charge in [-0.2, -0.15) is 4.98 Å². The Morgan fingerprint density at radius 3 is 2.78 bits per heavy atom. The van der Waals surface area contributed by atoms with Crippen molar-refractivity contribution >= 4 is 16.8 Å². The molecule has 0 bridgehead atoms. The third-order valence-corrected chi connectivity index (χ3v) is 4.99. The van der Waals surface area contributed by atoms with Crippen molar-refractivity contribution < 1.29 is 8.95 Å². The highest BCUT2D eigenvalue weighted by Crippen LogP contribution is 2.31. The van der Waals surface area contributed by atoms with Crippen LogP contribution in [-0.4, -0.2) is 14.2 Å². The fourth-order valence-corrected chi connectivity index (χ4v) is 3.75. The van der Waals surface area contributed by atoms with Gasteiger partial charge in [0.2, 0.25) is 5.88 Å². The molecule has 0 amide bonds. The molecule has 1 aliphatic heterocycles. The van der Waals surface area contributed by atoms with Crippen LogP contribution >= 0.6 is 0 Å². The van der Waals surface area contributed by atoms with Crippen molar-refractivity contribution in [3.63, 3.8) is 0 Å². The van der Waals surface area contributed by atoms with E-state index in [1.54, 1.807) is 28.8 Å². The number of fused-ring (bicyclic) bond motifs is 1. The van der Waals surface area contributed by atoms with E-state index in [1.807, 2.05) is 42.5 Å². The van der Waals surface area contributed by atoms with Crippen LogP contribution in [0.5, 0.6) is 11.6 Å². The lowest BCUT2D eigenvalue weighted by atomic mass is 10.2. The highest BCUT2D eigenvalue weighted by atomic mass is 32.2. The number of hydrogen-bond acceptors (Lipinski definition) is 4. The first-order chi connectivity index (χ1) is 11.3. The molecule has 5 nitrogen and oxygen atoms in total. The molecule has 23 heavy (non-hydrogen) atoms. The number of rotatable bonds is 3. The zero-order chi connectivity index (χ0) is 15.6. The number of ether oxygens (including phenoxy) is 1. The van der Waals surface area contributed by atoms with E-state index in [0.717, 1.165) is 10.5 Å². The molecular weight excluding hydrogens is 310 g/mol. The number of anilines is 1. The van der Waals surface area contributed by atoms with Gasteiger partial charge in [0.1, 0.15) is 11.6 Å². The second kappa shape index (κ2) is 5.81. The zero-order valence-electron chi connectivity index (χ0n) is 12.1. The Kier molecular flexibility index (Phi) is 3.51. The number of aromatic nitrogens is 2. The minimum absolute atomic E-state index is 0.448. The van der Waals surface area contributed by atoms with Crippen LogP contribution in [0.4, 0.5) is 5.82 Å². The summed E-state index contributed by atoms with van der Waals surface area (Å²) < 4.78 is 20.1. The summed E-state index contributed by atoms with van der Waals surface area (Å²) in [7, 11) is -1.24. The molecule has 4 rings (SSSR count). The van der Waals surface area contributed by atoms with Crippen molar-refractivity contribution in [2.75, 3.05) is 4.31 Å². The number of benzene rings is 1. The van der Waals surface area contributed by atoms with E-state index in [-0.39, 0.29) is 0 Å². The summed E-state index contributed by atoms with van der Waals surface area (Å²) in [6.45, 7) is 0.576. The Balaban J connectivity index is 1.62. The Morgan fingerprint density at radius 2 is 1.96 bits per heavy atom. The highest BCUT2D eigenvalue weighted by molar-refractivity contribution is 7.86. The second-order valence-corrected chi connectivity index (χ2v) is 6.40. The fraction of sp³-hybridized carbons (Fsp3) is 0.0588. The van der Waals surface area contributed by atoms with E-state index in [9.17, 15) is 4.21 Å². The van der Waals surface area contributed by atoms with Gasteiger partial charge in [-0.25, -0.2) is 4.21 Å². The molecule has 1 unspecified atom stereocenters. The molecule has 1 atom stereocenters. The molecule has 2 aromatic heterocycles. The molecule has 0 fully saturated rings. The largest absolute Gasteiger partial charge is 0.437 e.